The molecule has 37 heavy (non-hydrogen) atoms. The van der Waals surface area contributed by atoms with Crippen molar-refractivity contribution in [1.82, 2.24) is 4.90 Å². The number of carboxylic acid groups (broad SMARTS) is 1. The van der Waals surface area contributed by atoms with E-state index in [9.17, 15) is 18.8 Å². The Labute approximate surface area is 214 Å². The van der Waals surface area contributed by atoms with Gasteiger partial charge in [0.25, 0.3) is 0 Å². The van der Waals surface area contributed by atoms with Crippen molar-refractivity contribution >= 4 is 46.1 Å². The van der Waals surface area contributed by atoms with Crippen molar-refractivity contribution in [1.29, 1.82) is 0 Å². The highest BCUT2D eigenvalue weighted by molar-refractivity contribution is 8.15. The quantitative estimate of drug-likeness (QED) is 0.473. The second-order valence-electron chi connectivity index (χ2n) is 8.22. The highest BCUT2D eigenvalue weighted by Gasteiger charge is 2.39. The number of amidine groups is 1. The minimum atomic E-state index is -1.07. The van der Waals surface area contributed by atoms with E-state index in [1.807, 2.05) is 6.07 Å². The number of hydrogen-bond acceptors (Lipinski definition) is 7. The van der Waals surface area contributed by atoms with Crippen LogP contribution in [0.5, 0.6) is 11.5 Å². The molecule has 9 nitrogen and oxygen atoms in total. The summed E-state index contributed by atoms with van der Waals surface area (Å²) >= 11 is 1.15. The van der Waals surface area contributed by atoms with E-state index in [2.05, 4.69) is 10.3 Å². The van der Waals surface area contributed by atoms with E-state index in [0.717, 1.165) is 17.3 Å². The number of nitrogens with zero attached hydrogens (tertiary/aromatic N) is 2. The number of aliphatic imine (C=N–C) groups is 1. The fraction of sp³-hybridized carbons (Fsp3) is 0.154. The summed E-state index contributed by atoms with van der Waals surface area (Å²) in [6.07, 6.45) is -0.121. The summed E-state index contributed by atoms with van der Waals surface area (Å²) in [5.41, 5.74) is 1.77. The predicted molar refractivity (Wildman–Crippen MR) is 135 cm³/mol. The third-order valence-electron chi connectivity index (χ3n) is 5.64. The summed E-state index contributed by atoms with van der Waals surface area (Å²) < 4.78 is 24.1. The number of carboxylic acids is 1. The van der Waals surface area contributed by atoms with Gasteiger partial charge in [-0.2, -0.15) is 0 Å². The van der Waals surface area contributed by atoms with Crippen LogP contribution < -0.4 is 14.8 Å². The number of anilines is 1. The van der Waals surface area contributed by atoms with E-state index >= 15 is 0 Å². The number of thioether (sulfide) groups is 1. The first kappa shape index (κ1) is 24.3. The lowest BCUT2D eigenvalue weighted by Gasteiger charge is -2.17. The van der Waals surface area contributed by atoms with Crippen LogP contribution in [0.4, 0.5) is 15.8 Å². The molecule has 188 valence electrons. The monoisotopic (exact) mass is 521 g/mol. The molecule has 3 aromatic rings. The second kappa shape index (κ2) is 10.3. The van der Waals surface area contributed by atoms with Gasteiger partial charge in [-0.15, -0.1) is 0 Å². The standard InChI is InChI=1S/C26H20FN3O6S/c27-17-4-8-19(9-5-17)29-26-30(13-15-1-10-20-21(11-15)36-14-35-20)24(32)22(37-26)12-23(31)28-18-6-2-16(3-7-18)25(33)34/h1-11,22H,12-14H2,(H,28,31)(H,33,34)/t22-/m0/s1. The van der Waals surface area contributed by atoms with E-state index in [1.54, 1.807) is 12.1 Å². The van der Waals surface area contributed by atoms with Crippen LogP contribution in [0.3, 0.4) is 0 Å². The van der Waals surface area contributed by atoms with Crippen LogP contribution in [0.15, 0.2) is 71.7 Å². The maximum absolute atomic E-state index is 13.4. The van der Waals surface area contributed by atoms with Gasteiger partial charge in [0.15, 0.2) is 16.7 Å². The number of fused-ring (bicyclic) bond motifs is 1. The van der Waals surface area contributed by atoms with Crippen LogP contribution in [-0.4, -0.2) is 45.0 Å². The number of benzene rings is 3. The molecule has 0 saturated carbocycles. The van der Waals surface area contributed by atoms with Gasteiger partial charge in [0, 0.05) is 12.1 Å². The molecule has 2 aliphatic heterocycles. The van der Waals surface area contributed by atoms with Crippen LogP contribution in [0, 0.1) is 5.82 Å². The first-order valence-corrected chi connectivity index (χ1v) is 12.1. The number of nitrogens with one attached hydrogen (secondary N) is 1. The maximum atomic E-state index is 13.4. The fourth-order valence-electron chi connectivity index (χ4n) is 3.80. The average Bonchev–Trinajstić information content (AvgIpc) is 3.46. The Balaban J connectivity index is 1.34. The number of halogens is 1. The van der Waals surface area contributed by atoms with Crippen molar-refractivity contribution in [2.45, 2.75) is 18.2 Å². The average molecular weight is 522 g/mol. The zero-order valence-corrected chi connectivity index (χ0v) is 20.0. The zero-order valence-electron chi connectivity index (χ0n) is 19.2. The first-order valence-electron chi connectivity index (χ1n) is 11.2. The van der Waals surface area contributed by atoms with Crippen molar-refractivity contribution in [3.63, 3.8) is 0 Å². The SMILES string of the molecule is O=C(C[C@@H]1SC(=Nc2ccc(F)cc2)N(Cc2ccc3c(c2)OCO3)C1=O)Nc1ccc(C(=O)O)cc1. The lowest BCUT2D eigenvalue weighted by Crippen LogP contribution is -2.33. The van der Waals surface area contributed by atoms with Gasteiger partial charge in [-0.05, 0) is 66.2 Å². The molecule has 0 radical (unpaired) electrons. The van der Waals surface area contributed by atoms with Crippen molar-refractivity contribution in [2.75, 3.05) is 12.1 Å². The van der Waals surface area contributed by atoms with E-state index in [1.165, 1.54) is 53.4 Å². The molecule has 2 N–H and O–H groups in total. The molecule has 0 aliphatic carbocycles. The first-order chi connectivity index (χ1) is 17.9. The molecule has 1 atom stereocenters. The Morgan fingerprint density at radius 1 is 1.05 bits per heavy atom. The summed E-state index contributed by atoms with van der Waals surface area (Å²) in [5, 5.41) is 11.4. The van der Waals surface area contributed by atoms with Crippen molar-refractivity contribution in [2.24, 2.45) is 4.99 Å². The molecule has 2 amide bonds. The van der Waals surface area contributed by atoms with Gasteiger partial charge in [-0.25, -0.2) is 14.2 Å². The fourth-order valence-corrected chi connectivity index (χ4v) is 4.95. The highest BCUT2D eigenvalue weighted by atomic mass is 32.2. The van der Waals surface area contributed by atoms with Crippen LogP contribution in [0.25, 0.3) is 0 Å². The highest BCUT2D eigenvalue weighted by Crippen LogP contribution is 2.36. The van der Waals surface area contributed by atoms with E-state index in [4.69, 9.17) is 14.6 Å². The molecule has 11 heteroatoms. The molecule has 5 rings (SSSR count). The molecular formula is C26H20FN3O6S. The number of carbonyl (C=O) groups is 3. The molecule has 1 fully saturated rings. The third kappa shape index (κ3) is 5.56. The molecule has 3 aromatic carbocycles. The van der Waals surface area contributed by atoms with E-state index in [-0.39, 0.29) is 31.2 Å². The van der Waals surface area contributed by atoms with Crippen molar-refractivity contribution < 1.29 is 33.4 Å². The van der Waals surface area contributed by atoms with Crippen LogP contribution in [0.2, 0.25) is 0 Å². The molecular weight excluding hydrogens is 501 g/mol. The lowest BCUT2D eigenvalue weighted by atomic mass is 10.1. The van der Waals surface area contributed by atoms with Gasteiger partial charge in [0.05, 0.1) is 17.8 Å². The summed E-state index contributed by atoms with van der Waals surface area (Å²) in [7, 11) is 0. The smallest absolute Gasteiger partial charge is 0.335 e. The summed E-state index contributed by atoms with van der Waals surface area (Å²) in [6, 6.07) is 16.7. The minimum absolute atomic E-state index is 0.0975. The Hall–Kier alpha value is -4.38. The molecule has 2 heterocycles. The van der Waals surface area contributed by atoms with E-state index in [0.29, 0.717) is 28.0 Å². The van der Waals surface area contributed by atoms with Gasteiger partial charge in [0.1, 0.15) is 11.1 Å². The Kier molecular flexibility index (Phi) is 6.78. The number of ether oxygens (including phenoxy) is 2. The molecule has 0 aromatic heterocycles. The zero-order chi connectivity index (χ0) is 25.9. The number of aromatic carboxylic acids is 1. The normalized spacial score (nSPS) is 17.3. The van der Waals surface area contributed by atoms with Crippen molar-refractivity contribution in [3.05, 3.63) is 83.7 Å². The Bertz CT molecular complexity index is 1390. The van der Waals surface area contributed by atoms with Gasteiger partial charge < -0.3 is 19.9 Å². The molecule has 0 unspecified atom stereocenters. The summed E-state index contributed by atoms with van der Waals surface area (Å²) in [5.74, 6) is -0.959. The third-order valence-corrected chi connectivity index (χ3v) is 6.81. The predicted octanol–water partition coefficient (Wildman–Crippen LogP) is 4.41. The van der Waals surface area contributed by atoms with Gasteiger partial charge >= 0.3 is 5.97 Å². The molecule has 1 saturated heterocycles. The number of carbonyl (C=O) groups excluding carboxylic acids is 2. The van der Waals surface area contributed by atoms with E-state index < -0.39 is 22.9 Å². The molecule has 2 aliphatic rings. The van der Waals surface area contributed by atoms with Crippen LogP contribution in [-0.2, 0) is 16.1 Å². The Morgan fingerprint density at radius 2 is 1.78 bits per heavy atom. The summed E-state index contributed by atoms with van der Waals surface area (Å²) in [4.78, 5) is 43.1. The van der Waals surface area contributed by atoms with Gasteiger partial charge in [-0.1, -0.05) is 17.8 Å². The van der Waals surface area contributed by atoms with Crippen molar-refractivity contribution in [3.8, 4) is 11.5 Å². The number of hydrogen-bond donors (Lipinski definition) is 2. The minimum Gasteiger partial charge on any atom is -0.478 e. The largest absolute Gasteiger partial charge is 0.478 e. The molecule has 0 bridgehead atoms. The second-order valence-corrected chi connectivity index (χ2v) is 9.39. The summed E-state index contributed by atoms with van der Waals surface area (Å²) in [6.45, 7) is 0.321. The number of amides is 2. The van der Waals surface area contributed by atoms with Gasteiger partial charge in [0.2, 0.25) is 18.6 Å². The lowest BCUT2D eigenvalue weighted by molar-refractivity contribution is -0.128. The van der Waals surface area contributed by atoms with Crippen LogP contribution in [0.1, 0.15) is 22.3 Å². The topological polar surface area (TPSA) is 118 Å². The Morgan fingerprint density at radius 3 is 2.51 bits per heavy atom. The number of rotatable bonds is 7. The maximum Gasteiger partial charge on any atom is 0.335 e. The van der Waals surface area contributed by atoms with Gasteiger partial charge in [-0.3, -0.25) is 14.5 Å². The van der Waals surface area contributed by atoms with Crippen LogP contribution >= 0.6 is 11.8 Å². The molecule has 0 spiro atoms.